The van der Waals surface area contributed by atoms with Crippen LogP contribution in [0.1, 0.15) is 47.6 Å². The highest BCUT2D eigenvalue weighted by Gasteiger charge is 2.36. The molecule has 9 nitrogen and oxygen atoms in total. The number of pyridine rings is 1. The number of nitrogens with one attached hydrogen (secondary N) is 2. The number of amides is 1. The molecule has 1 saturated heterocycles. The van der Waals surface area contributed by atoms with Crippen molar-refractivity contribution in [1.82, 2.24) is 19.9 Å². The third-order valence-corrected chi connectivity index (χ3v) is 6.96. The van der Waals surface area contributed by atoms with Gasteiger partial charge in [-0.2, -0.15) is 4.98 Å². The second-order valence-corrected chi connectivity index (χ2v) is 9.67. The normalized spacial score (nSPS) is 16.0. The van der Waals surface area contributed by atoms with Crippen LogP contribution in [0.3, 0.4) is 0 Å². The fourth-order valence-corrected chi connectivity index (χ4v) is 5.23. The maximum Gasteiger partial charge on any atom is 0.288 e. The Labute approximate surface area is 205 Å². The molecule has 1 atom stereocenters. The zero-order chi connectivity index (χ0) is 24.2. The molecule has 1 aliphatic rings. The minimum Gasteiger partial charge on any atom is -0.496 e. The van der Waals surface area contributed by atoms with E-state index in [0.717, 1.165) is 41.5 Å². The molecule has 2 aromatic heterocycles. The lowest BCUT2D eigenvalue weighted by molar-refractivity contribution is 0.263. The number of hydrogen-bond donors (Lipinski definition) is 2. The van der Waals surface area contributed by atoms with E-state index in [2.05, 4.69) is 52.1 Å². The molecule has 0 bridgehead atoms. The highest BCUT2D eigenvalue weighted by molar-refractivity contribution is 8.14. The van der Waals surface area contributed by atoms with Crippen molar-refractivity contribution in [2.24, 2.45) is 5.92 Å². The Morgan fingerprint density at radius 3 is 2.79 bits per heavy atom. The summed E-state index contributed by atoms with van der Waals surface area (Å²) in [5.74, 6) is 2.42. The molecule has 10 heteroatoms. The average Bonchev–Trinajstić information content (AvgIpc) is 3.22. The number of aromatic nitrogens is 4. The standard InChI is InChI=1S/C24H30N6O3S.2H2/c1-5-6-7-15-8-16-9-17(21(31)28-18(16)10-20(15)33-4)11-25-22-26-13-27-23(29-22)30-19(14(2)3)12-34-24(30)32;;/h8-10,13-14,19H,5-7,11-12H2,1-4H3,(H,28,31)(H,25,26,27,29);2*1H/t19-;;/m1../s1. The molecule has 0 spiro atoms. The summed E-state index contributed by atoms with van der Waals surface area (Å²) in [6.45, 7) is 6.54. The van der Waals surface area contributed by atoms with Crippen LogP contribution in [0.15, 0.2) is 29.3 Å². The summed E-state index contributed by atoms with van der Waals surface area (Å²) in [5.41, 5.74) is 2.23. The number of carbonyl (C=O) groups excluding carboxylic acids is 1. The quantitative estimate of drug-likeness (QED) is 0.441. The molecule has 184 valence electrons. The maximum atomic E-state index is 12.7. The summed E-state index contributed by atoms with van der Waals surface area (Å²) >= 11 is 1.28. The van der Waals surface area contributed by atoms with E-state index in [1.54, 1.807) is 12.0 Å². The van der Waals surface area contributed by atoms with E-state index in [0.29, 0.717) is 23.2 Å². The number of anilines is 2. The average molecular weight is 487 g/mol. The molecule has 1 aromatic carbocycles. The molecule has 0 unspecified atom stereocenters. The number of benzene rings is 1. The summed E-state index contributed by atoms with van der Waals surface area (Å²) in [4.78, 5) is 42.5. The van der Waals surface area contributed by atoms with Crippen LogP contribution in [0, 0.1) is 5.92 Å². The number of thioether (sulfide) groups is 1. The van der Waals surface area contributed by atoms with Crippen molar-refractivity contribution in [2.75, 3.05) is 23.1 Å². The van der Waals surface area contributed by atoms with E-state index in [-0.39, 0.29) is 32.2 Å². The number of ether oxygens (including phenoxy) is 1. The van der Waals surface area contributed by atoms with Crippen LogP contribution in [0.4, 0.5) is 16.7 Å². The Hall–Kier alpha value is -3.14. The molecular formula is C24H34N6O3S. The van der Waals surface area contributed by atoms with E-state index in [4.69, 9.17) is 4.74 Å². The molecule has 3 aromatic rings. The lowest BCUT2D eigenvalue weighted by Gasteiger charge is -2.24. The molecule has 34 heavy (non-hydrogen) atoms. The van der Waals surface area contributed by atoms with E-state index >= 15 is 0 Å². The van der Waals surface area contributed by atoms with Crippen LogP contribution in [-0.2, 0) is 13.0 Å². The smallest absolute Gasteiger partial charge is 0.288 e. The number of methoxy groups -OCH3 is 1. The number of unbranched alkanes of at least 4 members (excludes halogenated alkanes) is 1. The van der Waals surface area contributed by atoms with Gasteiger partial charge in [-0.15, -0.1) is 0 Å². The van der Waals surface area contributed by atoms with Crippen molar-refractivity contribution >= 4 is 39.8 Å². The number of nitrogens with zero attached hydrogens (tertiary/aromatic N) is 4. The Kier molecular flexibility index (Phi) is 7.35. The van der Waals surface area contributed by atoms with Gasteiger partial charge < -0.3 is 15.0 Å². The predicted octanol–water partition coefficient (Wildman–Crippen LogP) is 4.87. The van der Waals surface area contributed by atoms with Gasteiger partial charge in [0, 0.05) is 26.8 Å². The van der Waals surface area contributed by atoms with Gasteiger partial charge >= 0.3 is 0 Å². The van der Waals surface area contributed by atoms with Crippen LogP contribution in [0.5, 0.6) is 5.75 Å². The molecule has 0 saturated carbocycles. The summed E-state index contributed by atoms with van der Waals surface area (Å²) < 4.78 is 5.52. The number of aryl methyl sites for hydroxylation is 1. The van der Waals surface area contributed by atoms with Gasteiger partial charge in [-0.05, 0) is 41.8 Å². The van der Waals surface area contributed by atoms with Crippen molar-refractivity contribution in [3.8, 4) is 5.75 Å². The first-order valence-electron chi connectivity index (χ1n) is 11.5. The maximum absolute atomic E-state index is 12.7. The molecule has 1 aliphatic heterocycles. The lowest BCUT2D eigenvalue weighted by atomic mass is 10.0. The number of fused-ring (bicyclic) bond motifs is 1. The first-order chi connectivity index (χ1) is 16.4. The third kappa shape index (κ3) is 5.01. The van der Waals surface area contributed by atoms with Crippen LogP contribution in [0.25, 0.3) is 10.9 Å². The Balaban J connectivity index is 0.00000228. The van der Waals surface area contributed by atoms with Crippen LogP contribution >= 0.6 is 11.8 Å². The minimum atomic E-state index is -0.191. The van der Waals surface area contributed by atoms with Crippen LogP contribution < -0.4 is 20.5 Å². The van der Waals surface area contributed by atoms with E-state index in [1.807, 2.05) is 12.1 Å². The first-order valence-corrected chi connectivity index (χ1v) is 12.5. The van der Waals surface area contributed by atoms with Gasteiger partial charge in [-0.1, -0.05) is 39.0 Å². The summed E-state index contributed by atoms with van der Waals surface area (Å²) in [5, 5.41) is 3.99. The minimum absolute atomic E-state index is 0. The number of aromatic amines is 1. The highest BCUT2D eigenvalue weighted by Crippen LogP contribution is 2.31. The molecule has 0 radical (unpaired) electrons. The Morgan fingerprint density at radius 2 is 2.06 bits per heavy atom. The zero-order valence-corrected chi connectivity index (χ0v) is 20.7. The van der Waals surface area contributed by atoms with Crippen molar-refractivity contribution in [1.29, 1.82) is 0 Å². The fraction of sp³-hybridized carbons (Fsp3) is 0.458. The van der Waals surface area contributed by atoms with E-state index in [1.165, 1.54) is 18.1 Å². The molecular weight excluding hydrogens is 452 g/mol. The van der Waals surface area contributed by atoms with E-state index in [9.17, 15) is 9.59 Å². The number of rotatable bonds is 9. The number of H-pyrrole nitrogens is 1. The van der Waals surface area contributed by atoms with E-state index < -0.39 is 0 Å². The second kappa shape index (κ2) is 10.4. The van der Waals surface area contributed by atoms with Gasteiger partial charge in [0.1, 0.15) is 12.1 Å². The molecule has 1 fully saturated rings. The predicted molar refractivity (Wildman–Crippen MR) is 140 cm³/mol. The molecule has 2 N–H and O–H groups in total. The SMILES string of the molecule is CCCCc1cc2cc(CNc3ncnc(N4C(=O)SC[C@@H]4C(C)C)n3)c(=O)[nH]c2cc1OC.[HH].[HH]. The van der Waals surface area contributed by atoms with Gasteiger partial charge in [0.15, 0.2) is 0 Å². The summed E-state index contributed by atoms with van der Waals surface area (Å²) in [7, 11) is 1.65. The van der Waals surface area contributed by atoms with Crippen molar-refractivity contribution in [2.45, 2.75) is 52.6 Å². The fourth-order valence-electron chi connectivity index (χ4n) is 4.03. The Bertz CT molecular complexity index is 1260. The summed E-state index contributed by atoms with van der Waals surface area (Å²) in [6.07, 6.45) is 4.46. The summed E-state index contributed by atoms with van der Waals surface area (Å²) in [6, 6.07) is 5.88. The van der Waals surface area contributed by atoms with Crippen molar-refractivity contribution in [3.05, 3.63) is 46.0 Å². The van der Waals surface area contributed by atoms with Gasteiger partial charge in [-0.3, -0.25) is 14.5 Å². The zero-order valence-electron chi connectivity index (χ0n) is 19.9. The molecule has 4 rings (SSSR count). The number of carbonyl (C=O) groups is 1. The number of hydrogen-bond acceptors (Lipinski definition) is 8. The Morgan fingerprint density at radius 1 is 1.26 bits per heavy atom. The largest absolute Gasteiger partial charge is 0.496 e. The van der Waals surface area contributed by atoms with Gasteiger partial charge in [0.2, 0.25) is 11.9 Å². The third-order valence-electron chi connectivity index (χ3n) is 6.01. The molecule has 3 heterocycles. The van der Waals surface area contributed by atoms with Gasteiger partial charge in [-0.25, -0.2) is 9.97 Å². The second-order valence-electron chi connectivity index (χ2n) is 8.70. The van der Waals surface area contributed by atoms with Gasteiger partial charge in [0.05, 0.1) is 18.7 Å². The van der Waals surface area contributed by atoms with Gasteiger partial charge in [0.25, 0.3) is 10.8 Å². The van der Waals surface area contributed by atoms with Crippen molar-refractivity contribution < 1.29 is 12.4 Å². The first kappa shape index (κ1) is 24.0. The molecule has 1 amide bonds. The molecule has 0 aliphatic carbocycles. The monoisotopic (exact) mass is 486 g/mol. The highest BCUT2D eigenvalue weighted by atomic mass is 32.2. The lowest BCUT2D eigenvalue weighted by Crippen LogP contribution is -2.38. The van der Waals surface area contributed by atoms with Crippen LogP contribution in [-0.4, -0.2) is 44.1 Å². The van der Waals surface area contributed by atoms with Crippen LogP contribution in [0.2, 0.25) is 0 Å². The van der Waals surface area contributed by atoms with Crippen molar-refractivity contribution in [3.63, 3.8) is 0 Å². The topological polar surface area (TPSA) is 113 Å².